The zero-order valence-electron chi connectivity index (χ0n) is 9.35. The Morgan fingerprint density at radius 3 is 2.38 bits per heavy atom. The minimum Gasteiger partial charge on any atom is -0.373 e. The number of ether oxygens (including phenoxy) is 1. The summed E-state index contributed by atoms with van der Waals surface area (Å²) in [6.45, 7) is 1.46. The van der Waals surface area contributed by atoms with Gasteiger partial charge in [0, 0.05) is 6.54 Å². The zero-order chi connectivity index (χ0) is 11.1. The molecule has 0 aromatic heterocycles. The third kappa shape index (κ3) is 1.65. The summed E-state index contributed by atoms with van der Waals surface area (Å²) in [7, 11) is 0. The van der Waals surface area contributed by atoms with Gasteiger partial charge in [0.1, 0.15) is 0 Å². The summed E-state index contributed by atoms with van der Waals surface area (Å²) >= 11 is 0. The predicted molar refractivity (Wildman–Crippen MR) is 56.5 cm³/mol. The van der Waals surface area contributed by atoms with Gasteiger partial charge >= 0.3 is 0 Å². The minimum absolute atomic E-state index is 0.0182. The molecule has 1 saturated carbocycles. The maximum atomic E-state index is 12.0. The quantitative estimate of drug-likeness (QED) is 0.526. The molecule has 3 unspecified atom stereocenters. The van der Waals surface area contributed by atoms with Crippen molar-refractivity contribution in [1.82, 2.24) is 4.90 Å². The van der Waals surface area contributed by atoms with E-state index in [4.69, 9.17) is 4.74 Å². The third-order valence-corrected chi connectivity index (χ3v) is 3.99. The van der Waals surface area contributed by atoms with Gasteiger partial charge in [-0.15, -0.1) is 0 Å². The number of hydrogen-bond donors (Lipinski definition) is 0. The van der Waals surface area contributed by atoms with Crippen LogP contribution in [0.2, 0.25) is 0 Å². The molecular formula is C12H17NO3. The standard InChI is InChI=1S/C12H17NO3/c14-11-9-4-1-5-10(9)12(15)13(11)6-2-3-8-7-16-8/h8-10H,1-7H2. The number of carbonyl (C=O) groups excluding carboxylic acids is 2. The van der Waals surface area contributed by atoms with Crippen LogP contribution in [0.15, 0.2) is 0 Å². The Kier molecular flexibility index (Phi) is 2.46. The first-order chi connectivity index (χ1) is 7.77. The molecule has 3 fully saturated rings. The Labute approximate surface area is 94.9 Å². The SMILES string of the molecule is O=C1C2CCCC2C(=O)N1CCCC1CO1. The van der Waals surface area contributed by atoms with Crippen molar-refractivity contribution < 1.29 is 14.3 Å². The highest BCUT2D eigenvalue weighted by Gasteiger charge is 2.49. The van der Waals surface area contributed by atoms with E-state index in [-0.39, 0.29) is 23.7 Å². The summed E-state index contributed by atoms with van der Waals surface area (Å²) in [6, 6.07) is 0. The molecule has 4 heteroatoms. The molecule has 2 aliphatic heterocycles. The van der Waals surface area contributed by atoms with Crippen LogP contribution in [0, 0.1) is 11.8 Å². The maximum absolute atomic E-state index is 12.0. The van der Waals surface area contributed by atoms with Gasteiger partial charge in [-0.05, 0) is 25.7 Å². The fourth-order valence-corrected chi connectivity index (χ4v) is 2.99. The summed E-state index contributed by atoms with van der Waals surface area (Å²) in [4.78, 5) is 25.4. The van der Waals surface area contributed by atoms with E-state index in [9.17, 15) is 9.59 Å². The number of nitrogens with zero attached hydrogens (tertiary/aromatic N) is 1. The van der Waals surface area contributed by atoms with Gasteiger partial charge in [0.2, 0.25) is 11.8 Å². The molecule has 3 aliphatic rings. The summed E-state index contributed by atoms with van der Waals surface area (Å²) in [5, 5.41) is 0. The maximum Gasteiger partial charge on any atom is 0.233 e. The zero-order valence-corrected chi connectivity index (χ0v) is 9.35. The molecule has 0 aromatic rings. The molecule has 0 aromatic carbocycles. The van der Waals surface area contributed by atoms with Crippen LogP contribution in [-0.2, 0) is 14.3 Å². The Balaban J connectivity index is 1.57. The average Bonchev–Trinajstić information content (AvgIpc) is 2.90. The van der Waals surface area contributed by atoms with E-state index < -0.39 is 0 Å². The molecule has 3 rings (SSSR count). The molecule has 3 atom stereocenters. The second kappa shape index (κ2) is 3.84. The molecule has 2 amide bonds. The van der Waals surface area contributed by atoms with Gasteiger partial charge < -0.3 is 4.74 Å². The molecule has 2 saturated heterocycles. The predicted octanol–water partition coefficient (Wildman–Crippen LogP) is 0.950. The highest BCUT2D eigenvalue weighted by atomic mass is 16.6. The molecule has 4 nitrogen and oxygen atoms in total. The van der Waals surface area contributed by atoms with Crippen LogP contribution < -0.4 is 0 Å². The Hall–Kier alpha value is -0.900. The number of carbonyl (C=O) groups is 2. The first-order valence-corrected chi connectivity index (χ1v) is 6.24. The largest absolute Gasteiger partial charge is 0.373 e. The van der Waals surface area contributed by atoms with Crippen LogP contribution in [0.4, 0.5) is 0 Å². The van der Waals surface area contributed by atoms with Crippen molar-refractivity contribution in [1.29, 1.82) is 0 Å². The number of fused-ring (bicyclic) bond motifs is 1. The monoisotopic (exact) mass is 223 g/mol. The van der Waals surface area contributed by atoms with E-state index in [2.05, 4.69) is 0 Å². The summed E-state index contributed by atoms with van der Waals surface area (Å²) in [6.07, 6.45) is 5.13. The van der Waals surface area contributed by atoms with Crippen molar-refractivity contribution in [2.75, 3.05) is 13.2 Å². The lowest BCUT2D eigenvalue weighted by atomic mass is 10.00. The number of rotatable bonds is 4. The van der Waals surface area contributed by atoms with Gasteiger partial charge in [0.15, 0.2) is 0 Å². The van der Waals surface area contributed by atoms with Crippen LogP contribution >= 0.6 is 0 Å². The first-order valence-electron chi connectivity index (χ1n) is 6.24. The summed E-state index contributed by atoms with van der Waals surface area (Å²) in [5.74, 6) is 0.211. The van der Waals surface area contributed by atoms with Crippen LogP contribution in [0.1, 0.15) is 32.1 Å². The fraction of sp³-hybridized carbons (Fsp3) is 0.833. The van der Waals surface area contributed by atoms with Gasteiger partial charge in [-0.25, -0.2) is 0 Å². The van der Waals surface area contributed by atoms with Gasteiger partial charge in [-0.3, -0.25) is 14.5 Å². The molecule has 0 N–H and O–H groups in total. The normalized spacial score (nSPS) is 37.0. The topological polar surface area (TPSA) is 49.9 Å². The summed E-state index contributed by atoms with van der Waals surface area (Å²) < 4.78 is 5.11. The van der Waals surface area contributed by atoms with Crippen LogP contribution in [0.3, 0.4) is 0 Å². The second-order valence-electron chi connectivity index (χ2n) is 5.07. The Morgan fingerprint density at radius 2 is 1.81 bits per heavy atom. The van der Waals surface area contributed by atoms with E-state index in [0.717, 1.165) is 38.7 Å². The number of hydrogen-bond acceptors (Lipinski definition) is 3. The van der Waals surface area contributed by atoms with Crippen molar-refractivity contribution in [2.45, 2.75) is 38.2 Å². The number of amides is 2. The summed E-state index contributed by atoms with van der Waals surface area (Å²) in [5.41, 5.74) is 0. The molecule has 0 radical (unpaired) electrons. The van der Waals surface area contributed by atoms with E-state index in [1.54, 1.807) is 0 Å². The second-order valence-corrected chi connectivity index (χ2v) is 5.07. The lowest BCUT2D eigenvalue weighted by molar-refractivity contribution is -0.140. The molecule has 0 bridgehead atoms. The van der Waals surface area contributed by atoms with Crippen LogP contribution in [0.25, 0.3) is 0 Å². The van der Waals surface area contributed by atoms with Crippen molar-refractivity contribution >= 4 is 11.8 Å². The third-order valence-electron chi connectivity index (χ3n) is 3.99. The van der Waals surface area contributed by atoms with E-state index >= 15 is 0 Å². The first kappa shape index (κ1) is 10.3. The van der Waals surface area contributed by atoms with Gasteiger partial charge in [0.25, 0.3) is 0 Å². The van der Waals surface area contributed by atoms with Crippen molar-refractivity contribution in [2.24, 2.45) is 11.8 Å². The van der Waals surface area contributed by atoms with Crippen LogP contribution in [0.5, 0.6) is 0 Å². The van der Waals surface area contributed by atoms with Gasteiger partial charge in [0.05, 0.1) is 24.5 Å². The van der Waals surface area contributed by atoms with Crippen molar-refractivity contribution in [3.63, 3.8) is 0 Å². The molecule has 1 aliphatic carbocycles. The minimum atomic E-state index is 0.0182. The van der Waals surface area contributed by atoms with Crippen molar-refractivity contribution in [3.05, 3.63) is 0 Å². The molecule has 88 valence electrons. The van der Waals surface area contributed by atoms with E-state index in [1.165, 1.54) is 4.90 Å². The highest BCUT2D eigenvalue weighted by Crippen LogP contribution is 2.39. The highest BCUT2D eigenvalue weighted by molar-refractivity contribution is 6.05. The Morgan fingerprint density at radius 1 is 1.19 bits per heavy atom. The van der Waals surface area contributed by atoms with E-state index in [1.807, 2.05) is 0 Å². The average molecular weight is 223 g/mol. The molecule has 2 heterocycles. The van der Waals surface area contributed by atoms with Gasteiger partial charge in [-0.2, -0.15) is 0 Å². The lowest BCUT2D eigenvalue weighted by Crippen LogP contribution is -2.32. The lowest BCUT2D eigenvalue weighted by Gasteiger charge is -2.15. The smallest absolute Gasteiger partial charge is 0.233 e. The van der Waals surface area contributed by atoms with Gasteiger partial charge in [-0.1, -0.05) is 6.42 Å². The Bertz CT molecular complexity index is 302. The van der Waals surface area contributed by atoms with E-state index in [0.29, 0.717) is 12.6 Å². The molecular weight excluding hydrogens is 206 g/mol. The molecule has 16 heavy (non-hydrogen) atoms. The fourth-order valence-electron chi connectivity index (χ4n) is 2.99. The number of epoxide rings is 1. The van der Waals surface area contributed by atoms with Crippen LogP contribution in [-0.4, -0.2) is 36.0 Å². The number of imide groups is 1. The van der Waals surface area contributed by atoms with Crippen molar-refractivity contribution in [3.8, 4) is 0 Å². The number of likely N-dealkylation sites (tertiary alicyclic amines) is 1. The molecule has 0 spiro atoms.